The molecule has 0 spiro atoms. The molecular weight excluding hydrogens is 368 g/mol. The van der Waals surface area contributed by atoms with Crippen LogP contribution < -0.4 is 0 Å². The first-order chi connectivity index (χ1) is 9.31. The lowest BCUT2D eigenvalue weighted by molar-refractivity contribution is 0.968. The van der Waals surface area contributed by atoms with Crippen LogP contribution in [0.3, 0.4) is 0 Å². The first-order valence-corrected chi connectivity index (χ1v) is 8.33. The van der Waals surface area contributed by atoms with Gasteiger partial charge in [0, 0.05) is 5.38 Å². The molecule has 0 aliphatic rings. The minimum Gasteiger partial charge on any atom is -0.181 e. The predicted octanol–water partition coefficient (Wildman–Crippen LogP) is 3.20. The largest absolute Gasteiger partial charge is 0.235 e. The summed E-state index contributed by atoms with van der Waals surface area (Å²) < 4.78 is 6.65. The molecule has 0 unspecified atom stereocenters. The summed E-state index contributed by atoms with van der Waals surface area (Å²) in [6.45, 7) is 0. The van der Waals surface area contributed by atoms with E-state index in [9.17, 15) is 0 Å². The van der Waals surface area contributed by atoms with Crippen molar-refractivity contribution in [1.29, 1.82) is 0 Å². The SMILES string of the molecule is Brc1ccc(-c2nnc3sc(-c4csnn4)nn23)s1. The van der Waals surface area contributed by atoms with E-state index in [2.05, 4.69) is 40.8 Å². The third-order valence-electron chi connectivity index (χ3n) is 2.36. The van der Waals surface area contributed by atoms with Gasteiger partial charge in [-0.3, -0.25) is 0 Å². The highest BCUT2D eigenvalue weighted by molar-refractivity contribution is 9.11. The van der Waals surface area contributed by atoms with E-state index in [-0.39, 0.29) is 0 Å². The maximum Gasteiger partial charge on any atom is 0.235 e. The van der Waals surface area contributed by atoms with Gasteiger partial charge in [-0.2, -0.15) is 9.61 Å². The van der Waals surface area contributed by atoms with Crippen LogP contribution >= 0.6 is 50.1 Å². The zero-order valence-electron chi connectivity index (χ0n) is 9.02. The molecule has 0 radical (unpaired) electrons. The van der Waals surface area contributed by atoms with Crippen LogP contribution in [-0.2, 0) is 0 Å². The van der Waals surface area contributed by atoms with Gasteiger partial charge in [0.1, 0.15) is 5.69 Å². The van der Waals surface area contributed by atoms with Gasteiger partial charge in [0.05, 0.1) is 8.66 Å². The van der Waals surface area contributed by atoms with Crippen molar-refractivity contribution in [2.45, 2.75) is 0 Å². The molecule has 10 heteroatoms. The van der Waals surface area contributed by atoms with Crippen molar-refractivity contribution in [3.8, 4) is 21.4 Å². The standard InChI is InChI=1S/C9H3BrN6S3/c10-6-2-1-5(18-6)7-12-13-9-16(7)14-8(19-9)4-3-17-15-11-4/h1-3H. The van der Waals surface area contributed by atoms with Gasteiger partial charge >= 0.3 is 0 Å². The van der Waals surface area contributed by atoms with E-state index < -0.39 is 0 Å². The summed E-state index contributed by atoms with van der Waals surface area (Å²) in [7, 11) is 0. The summed E-state index contributed by atoms with van der Waals surface area (Å²) in [6, 6.07) is 3.98. The average molecular weight is 371 g/mol. The van der Waals surface area contributed by atoms with E-state index >= 15 is 0 Å². The summed E-state index contributed by atoms with van der Waals surface area (Å²) in [5.41, 5.74) is 0.777. The van der Waals surface area contributed by atoms with Crippen molar-refractivity contribution in [2.24, 2.45) is 0 Å². The van der Waals surface area contributed by atoms with Crippen molar-refractivity contribution >= 4 is 55.1 Å². The second-order valence-electron chi connectivity index (χ2n) is 3.52. The fourth-order valence-corrected chi connectivity index (χ4v) is 4.23. The van der Waals surface area contributed by atoms with Crippen LogP contribution in [0.5, 0.6) is 0 Å². The van der Waals surface area contributed by atoms with Gasteiger partial charge in [-0.1, -0.05) is 15.8 Å². The smallest absolute Gasteiger partial charge is 0.181 e. The van der Waals surface area contributed by atoms with Crippen LogP contribution in [0.2, 0.25) is 0 Å². The molecule has 0 saturated carbocycles. The summed E-state index contributed by atoms with van der Waals surface area (Å²) in [5.74, 6) is 0.747. The monoisotopic (exact) mass is 370 g/mol. The fourth-order valence-electron chi connectivity index (χ4n) is 1.57. The number of hydrogen-bond donors (Lipinski definition) is 0. The zero-order chi connectivity index (χ0) is 12.8. The van der Waals surface area contributed by atoms with Crippen LogP contribution in [0.15, 0.2) is 21.3 Å². The first kappa shape index (κ1) is 11.6. The molecule has 0 fully saturated rings. The topological polar surface area (TPSA) is 68.9 Å². The Morgan fingerprint density at radius 3 is 2.79 bits per heavy atom. The lowest BCUT2D eigenvalue weighted by atomic mass is 10.4. The highest BCUT2D eigenvalue weighted by atomic mass is 79.9. The van der Waals surface area contributed by atoms with Crippen molar-refractivity contribution in [2.75, 3.05) is 0 Å². The minimum absolute atomic E-state index is 0.747. The summed E-state index contributed by atoms with van der Waals surface area (Å²) >= 11 is 7.80. The van der Waals surface area contributed by atoms with Gasteiger partial charge in [-0.05, 0) is 39.6 Å². The van der Waals surface area contributed by atoms with E-state index in [1.54, 1.807) is 15.9 Å². The van der Waals surface area contributed by atoms with Crippen LogP contribution in [-0.4, -0.2) is 29.4 Å². The number of aromatic nitrogens is 6. The number of rotatable bonds is 2. The van der Waals surface area contributed by atoms with Gasteiger partial charge in [0.25, 0.3) is 0 Å². The van der Waals surface area contributed by atoms with Crippen molar-refractivity contribution in [1.82, 2.24) is 29.4 Å². The number of halogens is 1. The molecule has 0 N–H and O–H groups in total. The van der Waals surface area contributed by atoms with Crippen molar-refractivity contribution in [3.05, 3.63) is 21.3 Å². The normalized spacial score (nSPS) is 11.4. The van der Waals surface area contributed by atoms with E-state index in [1.807, 2.05) is 17.5 Å². The van der Waals surface area contributed by atoms with Crippen LogP contribution in [0.1, 0.15) is 0 Å². The third kappa shape index (κ3) is 1.91. The van der Waals surface area contributed by atoms with E-state index in [4.69, 9.17) is 0 Å². The molecule has 4 heterocycles. The van der Waals surface area contributed by atoms with E-state index in [0.717, 1.165) is 30.2 Å². The minimum atomic E-state index is 0.747. The second-order valence-corrected chi connectivity index (χ2v) is 7.55. The Balaban J connectivity index is 1.89. The maximum absolute atomic E-state index is 4.51. The Morgan fingerprint density at radius 2 is 2.05 bits per heavy atom. The molecule has 0 aliphatic heterocycles. The molecule has 0 aromatic carbocycles. The molecule has 0 amide bonds. The van der Waals surface area contributed by atoms with E-state index in [1.165, 1.54) is 22.9 Å². The second kappa shape index (κ2) is 4.40. The van der Waals surface area contributed by atoms with Gasteiger partial charge in [0.15, 0.2) is 10.8 Å². The molecule has 4 aromatic heterocycles. The fraction of sp³-hybridized carbons (Fsp3) is 0. The van der Waals surface area contributed by atoms with Crippen LogP contribution in [0, 0.1) is 0 Å². The number of thiophene rings is 1. The molecule has 0 saturated heterocycles. The van der Waals surface area contributed by atoms with Gasteiger partial charge in [-0.15, -0.1) is 26.6 Å². The first-order valence-electron chi connectivity index (χ1n) is 5.06. The van der Waals surface area contributed by atoms with Crippen LogP contribution in [0.25, 0.3) is 26.4 Å². The lowest BCUT2D eigenvalue weighted by Crippen LogP contribution is -1.89. The maximum atomic E-state index is 4.51. The number of nitrogens with zero attached hydrogens (tertiary/aromatic N) is 6. The summed E-state index contributed by atoms with van der Waals surface area (Å²) in [6.07, 6.45) is 0. The Labute approximate surface area is 127 Å². The lowest BCUT2D eigenvalue weighted by Gasteiger charge is -1.89. The van der Waals surface area contributed by atoms with Gasteiger partial charge in [-0.25, -0.2) is 0 Å². The Bertz CT molecular complexity index is 845. The third-order valence-corrected chi connectivity index (χ3v) is 5.41. The zero-order valence-corrected chi connectivity index (χ0v) is 13.1. The molecule has 0 atom stereocenters. The average Bonchev–Trinajstić information content (AvgIpc) is 3.11. The molecular formula is C9H3BrN6S3. The van der Waals surface area contributed by atoms with E-state index in [0.29, 0.717) is 0 Å². The van der Waals surface area contributed by atoms with Gasteiger partial charge in [0.2, 0.25) is 4.96 Å². The molecule has 19 heavy (non-hydrogen) atoms. The molecule has 0 aliphatic carbocycles. The summed E-state index contributed by atoms with van der Waals surface area (Å²) in [4.78, 5) is 1.77. The molecule has 4 rings (SSSR count). The highest BCUT2D eigenvalue weighted by Gasteiger charge is 2.16. The molecule has 6 nitrogen and oxygen atoms in total. The summed E-state index contributed by atoms with van der Waals surface area (Å²) in [5, 5.41) is 19.5. The van der Waals surface area contributed by atoms with Gasteiger partial charge < -0.3 is 0 Å². The Hall–Kier alpha value is -1.23. The van der Waals surface area contributed by atoms with Crippen molar-refractivity contribution < 1.29 is 0 Å². The molecule has 4 aromatic rings. The number of fused-ring (bicyclic) bond motifs is 1. The predicted molar refractivity (Wildman–Crippen MR) is 78.6 cm³/mol. The Kier molecular flexibility index (Phi) is 2.69. The quantitative estimate of drug-likeness (QED) is 0.541. The molecule has 94 valence electrons. The number of hydrogen-bond acceptors (Lipinski definition) is 8. The Morgan fingerprint density at radius 1 is 1.11 bits per heavy atom. The molecule has 0 bridgehead atoms. The van der Waals surface area contributed by atoms with Crippen molar-refractivity contribution in [3.63, 3.8) is 0 Å². The van der Waals surface area contributed by atoms with Crippen LogP contribution in [0.4, 0.5) is 0 Å². The highest BCUT2D eigenvalue weighted by Crippen LogP contribution is 2.32.